The molecule has 0 radical (unpaired) electrons. The van der Waals surface area contributed by atoms with E-state index in [4.69, 9.17) is 10.2 Å². The lowest BCUT2D eigenvalue weighted by atomic mass is 10.1. The molecule has 42 heavy (non-hydrogen) atoms. The number of nitro groups is 2. The molecular formula is C25H18F5N3O9. The quantitative estimate of drug-likeness (QED) is 0.237. The second-order valence-electron chi connectivity index (χ2n) is 8.33. The molecule has 3 aromatic carbocycles. The predicted octanol–water partition coefficient (Wildman–Crippen LogP) is 4.34. The third kappa shape index (κ3) is 8.26. The lowest BCUT2D eigenvalue weighted by Crippen LogP contribution is -2.21. The summed E-state index contributed by atoms with van der Waals surface area (Å²) in [6, 6.07) is 6.63. The molecule has 12 nitrogen and oxygen atoms in total. The number of amides is 1. The molecule has 222 valence electrons. The second kappa shape index (κ2) is 13.7. The number of anilines is 1. The molecule has 0 fully saturated rings. The van der Waals surface area contributed by atoms with E-state index in [1.54, 1.807) is 0 Å². The largest absolute Gasteiger partial charge is 0.481 e. The molecule has 0 spiro atoms. The van der Waals surface area contributed by atoms with Gasteiger partial charge in [0.05, 0.1) is 46.9 Å². The van der Waals surface area contributed by atoms with Crippen molar-refractivity contribution in [2.24, 2.45) is 0 Å². The molecule has 0 atom stereocenters. The first-order chi connectivity index (χ1) is 19.5. The van der Waals surface area contributed by atoms with E-state index in [1.165, 1.54) is 30.1 Å². The molecule has 1 aliphatic rings. The number of benzene rings is 3. The fourth-order valence-electron chi connectivity index (χ4n) is 3.54. The maximum atomic E-state index is 13.4. The number of carboxylic acid groups (broad SMARTS) is 2. The minimum absolute atomic E-state index is 0.0183. The van der Waals surface area contributed by atoms with Crippen molar-refractivity contribution in [1.82, 2.24) is 0 Å². The van der Waals surface area contributed by atoms with Crippen molar-refractivity contribution in [2.45, 2.75) is 19.3 Å². The van der Waals surface area contributed by atoms with Crippen LogP contribution < -0.4 is 4.90 Å². The van der Waals surface area contributed by atoms with Crippen LogP contribution in [0.4, 0.5) is 39.0 Å². The van der Waals surface area contributed by atoms with Crippen molar-refractivity contribution in [3.8, 4) is 0 Å². The third-order valence-electron chi connectivity index (χ3n) is 5.40. The van der Waals surface area contributed by atoms with E-state index in [2.05, 4.69) is 0 Å². The SMILES string of the molecule is CN1C(=O)Cc2cc([N+](=O)[O-])cc(F)c21.O=C(O)Cc1cc([N+](=O)[O-])cc(F)c1F.O=C(O)Cc1cccc(F)c1F. The van der Waals surface area contributed by atoms with Gasteiger partial charge in [-0.15, -0.1) is 0 Å². The van der Waals surface area contributed by atoms with Gasteiger partial charge in [0.1, 0.15) is 0 Å². The Kier molecular flexibility index (Phi) is 10.7. The Balaban J connectivity index is 0.000000222. The van der Waals surface area contributed by atoms with E-state index >= 15 is 0 Å². The van der Waals surface area contributed by atoms with Crippen LogP contribution in [0.15, 0.2) is 42.5 Å². The second-order valence-corrected chi connectivity index (χ2v) is 8.33. The topological polar surface area (TPSA) is 181 Å². The highest BCUT2D eigenvalue weighted by molar-refractivity contribution is 6.01. The molecule has 0 unspecified atom stereocenters. The van der Waals surface area contributed by atoms with E-state index in [9.17, 15) is 56.6 Å². The van der Waals surface area contributed by atoms with E-state index < -0.39 is 75.0 Å². The number of likely N-dealkylation sites (N-methyl/N-ethyl adjacent to an activating group) is 1. The summed E-state index contributed by atoms with van der Waals surface area (Å²) in [4.78, 5) is 52.0. The monoisotopic (exact) mass is 599 g/mol. The van der Waals surface area contributed by atoms with Gasteiger partial charge in [0.15, 0.2) is 29.1 Å². The Labute approximate surface area is 231 Å². The summed E-state index contributed by atoms with van der Waals surface area (Å²) in [6.45, 7) is 0. The van der Waals surface area contributed by atoms with E-state index in [0.717, 1.165) is 12.1 Å². The molecule has 4 rings (SSSR count). The number of fused-ring (bicyclic) bond motifs is 1. The summed E-state index contributed by atoms with van der Waals surface area (Å²) >= 11 is 0. The molecule has 0 saturated heterocycles. The summed E-state index contributed by atoms with van der Waals surface area (Å²) in [6.07, 6.45) is -1.28. The van der Waals surface area contributed by atoms with Gasteiger partial charge in [0.25, 0.3) is 11.4 Å². The normalized spacial score (nSPS) is 11.5. The van der Waals surface area contributed by atoms with Gasteiger partial charge in [0.2, 0.25) is 5.91 Å². The van der Waals surface area contributed by atoms with Crippen LogP contribution in [-0.4, -0.2) is 45.0 Å². The summed E-state index contributed by atoms with van der Waals surface area (Å²) in [7, 11) is 1.45. The molecule has 1 amide bonds. The lowest BCUT2D eigenvalue weighted by molar-refractivity contribution is -0.385. The molecular weight excluding hydrogens is 581 g/mol. The number of nitrogens with zero attached hydrogens (tertiary/aromatic N) is 3. The van der Waals surface area contributed by atoms with Crippen molar-refractivity contribution >= 4 is 34.9 Å². The number of nitro benzene ring substituents is 2. The zero-order chi connectivity index (χ0) is 31.9. The van der Waals surface area contributed by atoms with Crippen LogP contribution in [0.2, 0.25) is 0 Å². The maximum absolute atomic E-state index is 13.4. The van der Waals surface area contributed by atoms with Gasteiger partial charge in [-0.1, -0.05) is 12.1 Å². The highest BCUT2D eigenvalue weighted by Crippen LogP contribution is 2.33. The number of carbonyl (C=O) groups excluding carboxylic acids is 1. The Morgan fingerprint density at radius 2 is 1.31 bits per heavy atom. The van der Waals surface area contributed by atoms with Crippen LogP contribution in [0.1, 0.15) is 16.7 Å². The zero-order valence-electron chi connectivity index (χ0n) is 21.1. The molecule has 0 bridgehead atoms. The molecule has 2 N–H and O–H groups in total. The van der Waals surface area contributed by atoms with Crippen molar-refractivity contribution in [3.05, 3.63) is 108 Å². The van der Waals surface area contributed by atoms with Gasteiger partial charge in [-0.25, -0.2) is 22.0 Å². The highest BCUT2D eigenvalue weighted by atomic mass is 19.2. The predicted molar refractivity (Wildman–Crippen MR) is 132 cm³/mol. The number of rotatable bonds is 6. The first kappa shape index (κ1) is 32.7. The zero-order valence-corrected chi connectivity index (χ0v) is 21.1. The Morgan fingerprint density at radius 1 is 0.810 bits per heavy atom. The summed E-state index contributed by atoms with van der Waals surface area (Å²) in [5.41, 5.74) is -1.17. The molecule has 3 aromatic rings. The van der Waals surface area contributed by atoms with Crippen LogP contribution >= 0.6 is 0 Å². The first-order valence-corrected chi connectivity index (χ1v) is 11.3. The molecule has 1 aliphatic heterocycles. The molecule has 1 heterocycles. The van der Waals surface area contributed by atoms with Crippen molar-refractivity contribution in [3.63, 3.8) is 0 Å². The Hall–Kier alpha value is -5.48. The number of aliphatic carboxylic acids is 2. The lowest BCUT2D eigenvalue weighted by Gasteiger charge is -2.10. The van der Waals surface area contributed by atoms with Gasteiger partial charge in [0, 0.05) is 30.3 Å². The summed E-state index contributed by atoms with van der Waals surface area (Å²) < 4.78 is 64.3. The van der Waals surface area contributed by atoms with Crippen molar-refractivity contribution < 1.29 is 56.4 Å². The maximum Gasteiger partial charge on any atom is 0.307 e. The van der Waals surface area contributed by atoms with Gasteiger partial charge in [-0.05, 0) is 11.6 Å². The number of halogens is 5. The third-order valence-corrected chi connectivity index (χ3v) is 5.40. The molecule has 0 saturated carbocycles. The van der Waals surface area contributed by atoms with Crippen molar-refractivity contribution in [2.75, 3.05) is 11.9 Å². The van der Waals surface area contributed by atoms with Gasteiger partial charge < -0.3 is 15.1 Å². The summed E-state index contributed by atoms with van der Waals surface area (Å²) in [5, 5.41) is 37.4. The van der Waals surface area contributed by atoms with Gasteiger partial charge in [-0.3, -0.25) is 34.6 Å². The Bertz CT molecular complexity index is 1580. The number of carbonyl (C=O) groups is 3. The van der Waals surface area contributed by atoms with Gasteiger partial charge in [-0.2, -0.15) is 0 Å². The molecule has 0 aromatic heterocycles. The number of carboxylic acids is 2. The van der Waals surface area contributed by atoms with Crippen LogP contribution in [0.5, 0.6) is 0 Å². The minimum Gasteiger partial charge on any atom is -0.481 e. The fourth-order valence-corrected chi connectivity index (χ4v) is 3.54. The minimum atomic E-state index is -1.43. The average molecular weight is 599 g/mol. The van der Waals surface area contributed by atoms with E-state index in [0.29, 0.717) is 17.7 Å². The standard InChI is InChI=1S/C9H7FN2O3.C8H5F2NO4.C8H6F2O2/c1-11-8(13)3-5-2-6(12(14)15)4-7(10)9(5)11;9-6-3-5(11(14)15)1-4(8(6)10)2-7(12)13;9-6-3-1-2-5(8(6)10)4-7(11)12/h2,4H,3H2,1H3;1,3H,2H2,(H,12,13);1-3H,4H2,(H,11,12). The molecule has 17 heteroatoms. The first-order valence-electron chi connectivity index (χ1n) is 11.3. The number of hydrogen-bond donors (Lipinski definition) is 2. The van der Waals surface area contributed by atoms with Crippen LogP contribution in [0.25, 0.3) is 0 Å². The van der Waals surface area contributed by atoms with Crippen LogP contribution in [0, 0.1) is 49.3 Å². The van der Waals surface area contributed by atoms with Crippen molar-refractivity contribution in [1.29, 1.82) is 0 Å². The van der Waals surface area contributed by atoms with E-state index in [1.807, 2.05) is 0 Å². The highest BCUT2D eigenvalue weighted by Gasteiger charge is 2.29. The van der Waals surface area contributed by atoms with Crippen LogP contribution in [-0.2, 0) is 33.6 Å². The fraction of sp³-hybridized carbons (Fsp3) is 0.160. The number of non-ortho nitro benzene ring substituents is 2. The number of hydrogen-bond acceptors (Lipinski definition) is 7. The molecule has 0 aliphatic carbocycles. The smallest absolute Gasteiger partial charge is 0.307 e. The van der Waals surface area contributed by atoms with E-state index in [-0.39, 0.29) is 29.3 Å². The van der Waals surface area contributed by atoms with Gasteiger partial charge >= 0.3 is 11.9 Å². The summed E-state index contributed by atoms with van der Waals surface area (Å²) in [5.74, 6) is -8.47. The Morgan fingerprint density at radius 3 is 1.86 bits per heavy atom. The van der Waals surface area contributed by atoms with Crippen LogP contribution in [0.3, 0.4) is 0 Å². The average Bonchev–Trinajstić information content (AvgIpc) is 3.18.